The molecule has 3 aromatic carbocycles. The van der Waals surface area contributed by atoms with Crippen LogP contribution in [0.15, 0.2) is 66.2 Å². The minimum atomic E-state index is -2.63. The van der Waals surface area contributed by atoms with Crippen LogP contribution in [0.2, 0.25) is 0 Å². The van der Waals surface area contributed by atoms with Gasteiger partial charge in [0.25, 0.3) is 11.8 Å². The van der Waals surface area contributed by atoms with Crippen LogP contribution in [0.1, 0.15) is 24.3 Å². The maximum Gasteiger partial charge on any atom is 0.258 e. The smallest absolute Gasteiger partial charge is 0.258 e. The highest BCUT2D eigenvalue weighted by atomic mass is 35.5. The van der Waals surface area contributed by atoms with Gasteiger partial charge >= 0.3 is 0 Å². The van der Waals surface area contributed by atoms with Crippen LogP contribution >= 0.6 is 23.2 Å². The number of alkyl halides is 2. The summed E-state index contributed by atoms with van der Waals surface area (Å²) in [7, 11) is 0. The fraction of sp³-hybridized carbons (Fsp3) is 0.294. The lowest BCUT2D eigenvalue weighted by atomic mass is 9.56. The van der Waals surface area contributed by atoms with Gasteiger partial charge in [-0.05, 0) is 48.6 Å². The minimum absolute atomic E-state index is 0.0182. The van der Waals surface area contributed by atoms with E-state index in [-0.39, 0.29) is 35.8 Å². The second-order valence-corrected chi connectivity index (χ2v) is 13.4. The summed E-state index contributed by atoms with van der Waals surface area (Å²) in [5, 5.41) is 9.13. The molecule has 2 aliphatic heterocycles. The molecular weight excluding hydrogens is 698 g/mol. The van der Waals surface area contributed by atoms with E-state index in [0.717, 1.165) is 4.90 Å². The molecule has 2 saturated heterocycles. The number of para-hydroxylation sites is 1. The van der Waals surface area contributed by atoms with Crippen LogP contribution in [0, 0.1) is 46.8 Å². The van der Waals surface area contributed by atoms with E-state index in [0.29, 0.717) is 11.3 Å². The number of amides is 4. The zero-order chi connectivity index (χ0) is 35.2. The highest BCUT2D eigenvalue weighted by Gasteiger charge is 2.77. The second kappa shape index (κ2) is 11.6. The van der Waals surface area contributed by atoms with Crippen molar-refractivity contribution < 1.29 is 51.0 Å². The van der Waals surface area contributed by atoms with E-state index in [1.54, 1.807) is 36.4 Å². The third kappa shape index (κ3) is 4.44. The first kappa shape index (κ1) is 33.2. The first-order valence-corrected chi connectivity index (χ1v) is 15.8. The Morgan fingerprint density at radius 2 is 1.39 bits per heavy atom. The number of carbonyl (C=O) groups is 4. The molecule has 3 aromatic rings. The summed E-state index contributed by atoms with van der Waals surface area (Å²) in [4.78, 5) is 51.9. The first-order chi connectivity index (χ1) is 23.3. The number of benzene rings is 3. The molecule has 3 fully saturated rings. The van der Waals surface area contributed by atoms with Crippen molar-refractivity contribution in [3.05, 3.63) is 101 Å². The van der Waals surface area contributed by atoms with Gasteiger partial charge in [-0.15, -0.1) is 23.2 Å². The number of ether oxygens (including phenoxy) is 1. The number of aliphatic hydroxyl groups is 1. The van der Waals surface area contributed by atoms with Crippen molar-refractivity contribution in [2.45, 2.75) is 28.5 Å². The molecule has 6 atom stereocenters. The molecule has 4 amide bonds. The predicted octanol–water partition coefficient (Wildman–Crippen LogP) is 5.52. The van der Waals surface area contributed by atoms with Crippen molar-refractivity contribution in [2.24, 2.45) is 17.8 Å². The van der Waals surface area contributed by atoms with E-state index in [9.17, 15) is 32.3 Å². The Morgan fingerprint density at radius 3 is 2.00 bits per heavy atom. The Hall–Kier alpha value is -4.33. The van der Waals surface area contributed by atoms with Gasteiger partial charge in [0, 0.05) is 5.92 Å². The fourth-order valence-corrected chi connectivity index (χ4v) is 8.63. The number of anilines is 2. The number of carbonyl (C=O) groups excluding carboxylic acids is 4. The zero-order valence-electron chi connectivity index (χ0n) is 24.9. The number of hydrogen-bond donors (Lipinski definition) is 1. The Kier molecular flexibility index (Phi) is 7.88. The summed E-state index contributed by atoms with van der Waals surface area (Å²) >= 11 is 14.2. The minimum Gasteiger partial charge on any atom is -0.491 e. The van der Waals surface area contributed by atoms with Crippen molar-refractivity contribution in [2.75, 3.05) is 23.0 Å². The summed E-state index contributed by atoms with van der Waals surface area (Å²) < 4.78 is 78.6. The van der Waals surface area contributed by atoms with Gasteiger partial charge < -0.3 is 9.84 Å². The van der Waals surface area contributed by atoms with Gasteiger partial charge in [0.15, 0.2) is 33.0 Å². The van der Waals surface area contributed by atoms with Crippen molar-refractivity contribution in [3.63, 3.8) is 0 Å². The third-order valence-electron chi connectivity index (χ3n) is 9.81. The van der Waals surface area contributed by atoms with Crippen LogP contribution in [-0.2, 0) is 19.2 Å². The van der Waals surface area contributed by atoms with Crippen LogP contribution in [-0.4, -0.2) is 51.7 Å². The van der Waals surface area contributed by atoms with Gasteiger partial charge in [-0.2, -0.15) is 0 Å². The van der Waals surface area contributed by atoms with E-state index >= 15 is 8.78 Å². The molecule has 2 aliphatic carbocycles. The van der Waals surface area contributed by atoms with E-state index in [4.69, 9.17) is 33.0 Å². The van der Waals surface area contributed by atoms with E-state index in [2.05, 4.69) is 0 Å². The Morgan fingerprint density at radius 1 is 0.776 bits per heavy atom. The molecule has 0 bridgehead atoms. The van der Waals surface area contributed by atoms with Gasteiger partial charge in [-0.25, -0.2) is 26.9 Å². The van der Waals surface area contributed by atoms with Crippen LogP contribution in [0.3, 0.4) is 0 Å². The summed E-state index contributed by atoms with van der Waals surface area (Å²) in [6.07, 6.45) is 1.04. The van der Waals surface area contributed by atoms with E-state index in [1.165, 1.54) is 24.3 Å². The average Bonchev–Trinajstić information content (AvgIpc) is 3.44. The number of imide groups is 2. The molecule has 4 aliphatic rings. The molecule has 6 unspecified atom stereocenters. The number of fused-ring (bicyclic) bond motifs is 4. The molecule has 0 radical (unpaired) electrons. The quantitative estimate of drug-likeness (QED) is 0.0899. The highest BCUT2D eigenvalue weighted by molar-refractivity contribution is 6.58. The molecule has 254 valence electrons. The third-order valence-corrected chi connectivity index (χ3v) is 11.2. The van der Waals surface area contributed by atoms with Gasteiger partial charge in [-0.1, -0.05) is 42.0 Å². The number of allylic oxidation sites excluding steroid dienone is 2. The summed E-state index contributed by atoms with van der Waals surface area (Å²) in [6.45, 7) is -0.348. The molecular formula is C34H23Cl2F5N2O6. The van der Waals surface area contributed by atoms with Gasteiger partial charge in [0.05, 0.1) is 24.1 Å². The monoisotopic (exact) mass is 720 g/mol. The molecule has 0 aromatic heterocycles. The first-order valence-electron chi connectivity index (χ1n) is 15.0. The Balaban J connectivity index is 1.41. The number of halogens is 7. The molecule has 1 saturated carbocycles. The summed E-state index contributed by atoms with van der Waals surface area (Å²) in [5.41, 5.74) is -0.989. The van der Waals surface area contributed by atoms with Crippen molar-refractivity contribution in [1.82, 2.24) is 0 Å². The van der Waals surface area contributed by atoms with E-state index in [1.807, 2.05) is 0 Å². The van der Waals surface area contributed by atoms with Crippen LogP contribution < -0.4 is 14.5 Å². The molecule has 15 heteroatoms. The van der Waals surface area contributed by atoms with Crippen molar-refractivity contribution >= 4 is 58.2 Å². The number of aliphatic hydroxyl groups excluding tert-OH is 1. The van der Waals surface area contributed by atoms with Crippen LogP contribution in [0.25, 0.3) is 0 Å². The number of nitrogens with zero attached hydrogens (tertiary/aromatic N) is 2. The zero-order valence-corrected chi connectivity index (χ0v) is 26.5. The summed E-state index contributed by atoms with van der Waals surface area (Å²) in [5.74, 6) is -20.6. The molecule has 1 N–H and O–H groups in total. The highest BCUT2D eigenvalue weighted by Crippen LogP contribution is 2.66. The van der Waals surface area contributed by atoms with E-state index < -0.39 is 98.2 Å². The average molecular weight is 721 g/mol. The topological polar surface area (TPSA) is 104 Å². The number of rotatable bonds is 6. The molecule has 2 heterocycles. The lowest BCUT2D eigenvalue weighted by Gasteiger charge is -2.50. The fourth-order valence-electron chi connectivity index (χ4n) is 7.69. The molecule has 7 rings (SSSR count). The second-order valence-electron chi connectivity index (χ2n) is 12.2. The standard InChI is InChI=1S/C34H23Cl2F5N2O6/c35-33-14-20-18(10-11-19-21(20)30(46)42(29(19)45)16-4-2-1-3-5-16)22(15-6-8-17(9-7-15)49-13-12-44)34(33,36)32(48)43(31(33)47)28-26(40)24(38)23(37)25(39)27(28)41/h1-10,19-22,44H,11-14H2. The lowest BCUT2D eigenvalue weighted by molar-refractivity contribution is -0.125. The van der Waals surface area contributed by atoms with Gasteiger partial charge in [-0.3, -0.25) is 24.1 Å². The maximum absolute atomic E-state index is 15.2. The van der Waals surface area contributed by atoms with Crippen molar-refractivity contribution in [3.8, 4) is 5.75 Å². The van der Waals surface area contributed by atoms with Crippen LogP contribution in [0.4, 0.5) is 33.3 Å². The molecule has 8 nitrogen and oxygen atoms in total. The Labute approximate surface area is 284 Å². The molecule has 0 spiro atoms. The summed E-state index contributed by atoms with van der Waals surface area (Å²) in [6, 6.07) is 14.0. The predicted molar refractivity (Wildman–Crippen MR) is 164 cm³/mol. The number of hydrogen-bond acceptors (Lipinski definition) is 6. The van der Waals surface area contributed by atoms with Gasteiger partial charge in [0.1, 0.15) is 18.0 Å². The maximum atomic E-state index is 15.2. The lowest BCUT2D eigenvalue weighted by Crippen LogP contribution is -2.60. The SMILES string of the molecule is O=C1C2CC=C3C(CC4(Cl)C(=O)N(c5c(F)c(F)c(F)c(F)c5F)C(=O)C4(Cl)C3c3ccc(OCCO)cc3)C2C(=O)N1c1ccccc1. The Bertz CT molecular complexity index is 1950. The van der Waals surface area contributed by atoms with Crippen molar-refractivity contribution in [1.29, 1.82) is 0 Å². The van der Waals surface area contributed by atoms with Crippen LogP contribution in [0.5, 0.6) is 5.75 Å². The largest absolute Gasteiger partial charge is 0.491 e. The normalized spacial score (nSPS) is 29.2. The van der Waals surface area contributed by atoms with Gasteiger partial charge in [0.2, 0.25) is 17.6 Å². The molecule has 49 heavy (non-hydrogen) atoms.